The van der Waals surface area contributed by atoms with Crippen LogP contribution in [-0.4, -0.2) is 79.9 Å². The van der Waals surface area contributed by atoms with Gasteiger partial charge >= 0.3 is 0 Å². The number of likely N-dealkylation sites (N-methyl/N-ethyl adjacent to an activating group) is 1. The number of ether oxygens (including phenoxy) is 1. The summed E-state index contributed by atoms with van der Waals surface area (Å²) in [4.78, 5) is 54.7. The molecule has 2 aliphatic heterocycles. The number of morpholine rings is 1. The maximum absolute atomic E-state index is 12.6. The highest BCUT2D eigenvalue weighted by Crippen LogP contribution is 2.37. The topological polar surface area (TPSA) is 99.3 Å². The number of amides is 4. The van der Waals surface area contributed by atoms with Crippen molar-refractivity contribution in [3.05, 3.63) is 24.3 Å². The molecule has 1 aliphatic carbocycles. The van der Waals surface area contributed by atoms with E-state index in [-0.39, 0.29) is 42.6 Å². The van der Waals surface area contributed by atoms with Gasteiger partial charge in [-0.05, 0) is 37.1 Å². The number of likely N-dealkylation sites (tertiary alicyclic amines) is 1. The SMILES string of the molecule is CN(CC(=O)Nc1ccc(N2CCOCC2)cc1)C(=O)CN1C(=O)C2CCCCC2C1=O. The number of benzene rings is 1. The van der Waals surface area contributed by atoms with Gasteiger partial charge in [0.25, 0.3) is 0 Å². The first kappa shape index (κ1) is 22.3. The Morgan fingerprint density at radius 1 is 1.03 bits per heavy atom. The van der Waals surface area contributed by atoms with Gasteiger partial charge in [-0.3, -0.25) is 24.1 Å². The van der Waals surface area contributed by atoms with Crippen LogP contribution in [0.25, 0.3) is 0 Å². The fourth-order valence-corrected chi connectivity index (χ4v) is 4.72. The second-order valence-corrected chi connectivity index (χ2v) is 8.70. The molecule has 1 N–H and O–H groups in total. The zero-order valence-electron chi connectivity index (χ0n) is 18.4. The minimum atomic E-state index is -0.428. The lowest BCUT2D eigenvalue weighted by atomic mass is 9.81. The largest absolute Gasteiger partial charge is 0.378 e. The molecular formula is C23H30N4O5. The van der Waals surface area contributed by atoms with E-state index < -0.39 is 5.91 Å². The van der Waals surface area contributed by atoms with Gasteiger partial charge in [-0.2, -0.15) is 0 Å². The molecule has 1 aromatic carbocycles. The van der Waals surface area contributed by atoms with Crippen LogP contribution in [0.5, 0.6) is 0 Å². The molecule has 4 rings (SSSR count). The smallest absolute Gasteiger partial charge is 0.243 e. The third kappa shape index (κ3) is 4.77. The van der Waals surface area contributed by atoms with Crippen LogP contribution in [0.1, 0.15) is 25.7 Å². The van der Waals surface area contributed by atoms with E-state index in [4.69, 9.17) is 4.74 Å². The molecule has 9 nitrogen and oxygen atoms in total. The third-order valence-electron chi connectivity index (χ3n) is 6.56. The average Bonchev–Trinajstić information content (AvgIpc) is 3.05. The predicted octanol–water partition coefficient (Wildman–Crippen LogP) is 1.10. The summed E-state index contributed by atoms with van der Waals surface area (Å²) in [7, 11) is 1.50. The van der Waals surface area contributed by atoms with E-state index in [1.165, 1.54) is 11.9 Å². The van der Waals surface area contributed by atoms with E-state index >= 15 is 0 Å². The highest BCUT2D eigenvalue weighted by molar-refractivity contribution is 6.07. The maximum atomic E-state index is 12.6. The summed E-state index contributed by atoms with van der Waals surface area (Å²) in [6.45, 7) is 2.61. The van der Waals surface area contributed by atoms with E-state index in [2.05, 4.69) is 10.2 Å². The maximum Gasteiger partial charge on any atom is 0.243 e. The van der Waals surface area contributed by atoms with Crippen molar-refractivity contribution in [2.75, 3.05) is 56.7 Å². The minimum absolute atomic E-state index is 0.160. The van der Waals surface area contributed by atoms with Crippen LogP contribution < -0.4 is 10.2 Å². The Hall–Kier alpha value is -2.94. The highest BCUT2D eigenvalue weighted by Gasteiger charge is 2.48. The molecule has 9 heteroatoms. The minimum Gasteiger partial charge on any atom is -0.378 e. The summed E-state index contributed by atoms with van der Waals surface area (Å²) >= 11 is 0. The van der Waals surface area contributed by atoms with Crippen LogP contribution in [0.3, 0.4) is 0 Å². The van der Waals surface area contributed by atoms with Crippen molar-refractivity contribution in [3.63, 3.8) is 0 Å². The van der Waals surface area contributed by atoms with E-state index in [0.717, 1.165) is 36.5 Å². The van der Waals surface area contributed by atoms with Crippen LogP contribution in [-0.2, 0) is 23.9 Å². The molecule has 4 amide bonds. The first-order valence-corrected chi connectivity index (χ1v) is 11.3. The number of hydrogen-bond donors (Lipinski definition) is 1. The number of nitrogens with one attached hydrogen (secondary N) is 1. The second-order valence-electron chi connectivity index (χ2n) is 8.70. The van der Waals surface area contributed by atoms with Gasteiger partial charge in [0.1, 0.15) is 6.54 Å². The van der Waals surface area contributed by atoms with Gasteiger partial charge in [0.2, 0.25) is 23.6 Å². The number of hydrogen-bond acceptors (Lipinski definition) is 6. The lowest BCUT2D eigenvalue weighted by Gasteiger charge is -2.29. The number of carbonyl (C=O) groups is 4. The van der Waals surface area contributed by atoms with Crippen molar-refractivity contribution in [2.24, 2.45) is 11.8 Å². The van der Waals surface area contributed by atoms with Crippen molar-refractivity contribution in [3.8, 4) is 0 Å². The molecule has 2 heterocycles. The van der Waals surface area contributed by atoms with Gasteiger partial charge in [-0.15, -0.1) is 0 Å². The predicted molar refractivity (Wildman–Crippen MR) is 118 cm³/mol. The monoisotopic (exact) mass is 442 g/mol. The van der Waals surface area contributed by atoms with Gasteiger partial charge in [0, 0.05) is 31.5 Å². The summed E-state index contributed by atoms with van der Waals surface area (Å²) < 4.78 is 5.36. The number of nitrogens with zero attached hydrogens (tertiary/aromatic N) is 3. The van der Waals surface area contributed by atoms with E-state index in [1.807, 2.05) is 24.3 Å². The molecule has 0 aromatic heterocycles. The lowest BCUT2D eigenvalue weighted by molar-refractivity contribution is -0.146. The quantitative estimate of drug-likeness (QED) is 0.663. The zero-order chi connectivity index (χ0) is 22.7. The molecule has 1 aromatic rings. The fraction of sp³-hybridized carbons (Fsp3) is 0.565. The second kappa shape index (κ2) is 9.68. The molecule has 0 bridgehead atoms. The van der Waals surface area contributed by atoms with E-state index in [1.54, 1.807) is 0 Å². The first-order valence-electron chi connectivity index (χ1n) is 11.3. The van der Waals surface area contributed by atoms with Crippen molar-refractivity contribution in [2.45, 2.75) is 25.7 Å². The van der Waals surface area contributed by atoms with Gasteiger partial charge in [0.15, 0.2) is 0 Å². The first-order chi connectivity index (χ1) is 15.4. The number of fused-ring (bicyclic) bond motifs is 1. The number of rotatable bonds is 6. The Morgan fingerprint density at radius 2 is 1.62 bits per heavy atom. The normalized spacial score (nSPS) is 23.2. The molecule has 2 unspecified atom stereocenters. The number of imide groups is 1. The zero-order valence-corrected chi connectivity index (χ0v) is 18.4. The molecule has 2 saturated heterocycles. The fourth-order valence-electron chi connectivity index (χ4n) is 4.72. The van der Waals surface area contributed by atoms with Crippen molar-refractivity contribution in [1.82, 2.24) is 9.80 Å². The third-order valence-corrected chi connectivity index (χ3v) is 6.56. The Balaban J connectivity index is 1.27. The van der Waals surface area contributed by atoms with Crippen LogP contribution in [0.4, 0.5) is 11.4 Å². The molecule has 32 heavy (non-hydrogen) atoms. The molecule has 172 valence electrons. The van der Waals surface area contributed by atoms with Gasteiger partial charge in [0.05, 0.1) is 31.6 Å². The number of carbonyl (C=O) groups excluding carboxylic acids is 4. The molecule has 3 aliphatic rings. The lowest BCUT2D eigenvalue weighted by Crippen LogP contribution is -2.44. The molecule has 3 fully saturated rings. The van der Waals surface area contributed by atoms with Crippen molar-refractivity contribution >= 4 is 35.0 Å². The molecule has 0 spiro atoms. The van der Waals surface area contributed by atoms with Crippen LogP contribution in [0, 0.1) is 11.8 Å². The van der Waals surface area contributed by atoms with Crippen LogP contribution >= 0.6 is 0 Å². The Morgan fingerprint density at radius 3 is 2.22 bits per heavy atom. The number of anilines is 2. The van der Waals surface area contributed by atoms with Gasteiger partial charge in [-0.25, -0.2) is 0 Å². The molecule has 1 saturated carbocycles. The van der Waals surface area contributed by atoms with Gasteiger partial charge in [-0.1, -0.05) is 12.8 Å². The van der Waals surface area contributed by atoms with Crippen molar-refractivity contribution < 1.29 is 23.9 Å². The summed E-state index contributed by atoms with van der Waals surface area (Å²) in [5, 5.41) is 2.79. The Bertz CT molecular complexity index is 857. The van der Waals surface area contributed by atoms with Crippen LogP contribution in [0.2, 0.25) is 0 Å². The van der Waals surface area contributed by atoms with Crippen molar-refractivity contribution in [1.29, 1.82) is 0 Å². The Kier molecular flexibility index (Phi) is 6.74. The van der Waals surface area contributed by atoms with Crippen LogP contribution in [0.15, 0.2) is 24.3 Å². The molecular weight excluding hydrogens is 412 g/mol. The summed E-state index contributed by atoms with van der Waals surface area (Å²) in [6.07, 6.45) is 3.30. The highest BCUT2D eigenvalue weighted by atomic mass is 16.5. The molecule has 2 atom stereocenters. The Labute approximate surface area is 187 Å². The van der Waals surface area contributed by atoms with Gasteiger partial charge < -0.3 is 19.9 Å². The summed E-state index contributed by atoms with van der Waals surface area (Å²) in [5.74, 6) is -1.82. The molecule has 0 radical (unpaired) electrons. The van der Waals surface area contributed by atoms with E-state index in [0.29, 0.717) is 31.7 Å². The average molecular weight is 443 g/mol. The summed E-state index contributed by atoms with van der Waals surface area (Å²) in [5.41, 5.74) is 1.71. The standard InChI is InChI=1S/C23H30N4O5/c1-25(21(29)15-27-22(30)18-4-2-3-5-19(18)23(27)31)14-20(28)24-16-6-8-17(9-7-16)26-10-12-32-13-11-26/h6-9,18-19H,2-5,10-15H2,1H3,(H,24,28). The van der Waals surface area contributed by atoms with E-state index in [9.17, 15) is 19.2 Å². The summed E-state index contributed by atoms with van der Waals surface area (Å²) in [6, 6.07) is 7.54.